The Kier molecular flexibility index (Phi) is 4.92. The summed E-state index contributed by atoms with van der Waals surface area (Å²) in [5, 5.41) is 10.8. The minimum absolute atomic E-state index is 0.715. The Hall–Kier alpha value is -2.11. The molecule has 0 aliphatic rings. The third-order valence-electron chi connectivity index (χ3n) is 3.01. The fraction of sp³-hybridized carbons (Fsp3) is 0.500. The second kappa shape index (κ2) is 6.88. The highest BCUT2D eigenvalue weighted by atomic mass is 15.2. The summed E-state index contributed by atoms with van der Waals surface area (Å²) in [5.74, 6) is 1.83. The van der Waals surface area contributed by atoms with E-state index < -0.39 is 0 Å². The van der Waals surface area contributed by atoms with Gasteiger partial charge in [-0.05, 0) is 13.3 Å². The second-order valence-electron chi connectivity index (χ2n) is 4.71. The van der Waals surface area contributed by atoms with E-state index in [0.717, 1.165) is 42.1 Å². The van der Waals surface area contributed by atoms with E-state index >= 15 is 0 Å². The molecular weight excluding hydrogens is 252 g/mol. The van der Waals surface area contributed by atoms with Crippen LogP contribution in [0.1, 0.15) is 31.4 Å². The minimum atomic E-state index is 0.715. The van der Waals surface area contributed by atoms with Gasteiger partial charge in [0.2, 0.25) is 0 Å². The van der Waals surface area contributed by atoms with Gasteiger partial charge >= 0.3 is 0 Å². The first-order chi connectivity index (χ1) is 9.74. The van der Waals surface area contributed by atoms with Crippen LogP contribution in [0.5, 0.6) is 0 Å². The van der Waals surface area contributed by atoms with Crippen molar-refractivity contribution in [2.24, 2.45) is 7.05 Å². The van der Waals surface area contributed by atoms with Gasteiger partial charge in [-0.2, -0.15) is 5.10 Å². The predicted octanol–water partition coefficient (Wildman–Crippen LogP) is 2.21. The SMILES string of the molecule is CCCc1c(NCC)ncnc1NCc1cnn(C)c1. The molecule has 2 heterocycles. The maximum Gasteiger partial charge on any atom is 0.134 e. The van der Waals surface area contributed by atoms with Crippen LogP contribution in [-0.2, 0) is 20.0 Å². The molecule has 2 aromatic heterocycles. The highest BCUT2D eigenvalue weighted by Crippen LogP contribution is 2.22. The molecule has 2 rings (SSSR count). The average Bonchev–Trinajstić information content (AvgIpc) is 2.85. The fourth-order valence-corrected chi connectivity index (χ4v) is 2.12. The molecule has 0 aliphatic heterocycles. The zero-order valence-corrected chi connectivity index (χ0v) is 12.3. The molecule has 0 bridgehead atoms. The highest BCUT2D eigenvalue weighted by Gasteiger charge is 2.10. The van der Waals surface area contributed by atoms with E-state index in [2.05, 4.69) is 39.5 Å². The number of aromatic nitrogens is 4. The quantitative estimate of drug-likeness (QED) is 0.810. The van der Waals surface area contributed by atoms with Gasteiger partial charge in [0.1, 0.15) is 18.0 Å². The van der Waals surface area contributed by atoms with Gasteiger partial charge in [0.25, 0.3) is 0 Å². The smallest absolute Gasteiger partial charge is 0.134 e. The lowest BCUT2D eigenvalue weighted by molar-refractivity contribution is 0.767. The van der Waals surface area contributed by atoms with E-state index in [1.807, 2.05) is 19.4 Å². The van der Waals surface area contributed by atoms with Crippen molar-refractivity contribution in [3.8, 4) is 0 Å². The van der Waals surface area contributed by atoms with Crippen molar-refractivity contribution in [1.82, 2.24) is 19.7 Å². The van der Waals surface area contributed by atoms with Crippen molar-refractivity contribution in [3.05, 3.63) is 29.8 Å². The van der Waals surface area contributed by atoms with Gasteiger partial charge < -0.3 is 10.6 Å². The average molecular weight is 274 g/mol. The van der Waals surface area contributed by atoms with E-state index in [-0.39, 0.29) is 0 Å². The second-order valence-corrected chi connectivity index (χ2v) is 4.71. The molecule has 108 valence electrons. The first kappa shape index (κ1) is 14.3. The molecule has 20 heavy (non-hydrogen) atoms. The summed E-state index contributed by atoms with van der Waals surface area (Å²) in [5.41, 5.74) is 2.29. The standard InChI is InChI=1S/C14H22N6/c1-4-6-12-13(15-5-2)17-10-18-14(12)16-7-11-8-19-20(3)9-11/h8-10H,4-7H2,1-3H3,(H2,15,16,17,18). The van der Waals surface area contributed by atoms with E-state index in [9.17, 15) is 0 Å². The van der Waals surface area contributed by atoms with Crippen molar-refractivity contribution < 1.29 is 0 Å². The first-order valence-corrected chi connectivity index (χ1v) is 7.03. The molecule has 6 heteroatoms. The van der Waals surface area contributed by atoms with Crippen molar-refractivity contribution in [2.45, 2.75) is 33.2 Å². The molecule has 0 aliphatic carbocycles. The van der Waals surface area contributed by atoms with Gasteiger partial charge in [0.15, 0.2) is 0 Å². The molecule has 2 N–H and O–H groups in total. The molecule has 0 amide bonds. The zero-order valence-electron chi connectivity index (χ0n) is 12.3. The van der Waals surface area contributed by atoms with E-state index in [4.69, 9.17) is 0 Å². The minimum Gasteiger partial charge on any atom is -0.370 e. The van der Waals surface area contributed by atoms with Crippen molar-refractivity contribution in [3.63, 3.8) is 0 Å². The van der Waals surface area contributed by atoms with E-state index in [1.54, 1.807) is 11.0 Å². The maximum atomic E-state index is 4.37. The number of aryl methyl sites for hydroxylation is 1. The molecule has 0 atom stereocenters. The topological polar surface area (TPSA) is 67.7 Å². The Morgan fingerprint density at radius 2 is 1.90 bits per heavy atom. The zero-order chi connectivity index (χ0) is 14.4. The van der Waals surface area contributed by atoms with Gasteiger partial charge in [0.05, 0.1) is 6.20 Å². The number of anilines is 2. The predicted molar refractivity (Wildman–Crippen MR) is 80.7 cm³/mol. The van der Waals surface area contributed by atoms with Crippen LogP contribution in [-0.4, -0.2) is 26.3 Å². The summed E-state index contributed by atoms with van der Waals surface area (Å²) in [7, 11) is 1.92. The summed E-state index contributed by atoms with van der Waals surface area (Å²) in [6, 6.07) is 0. The number of nitrogens with one attached hydrogen (secondary N) is 2. The molecule has 0 unspecified atom stereocenters. The molecule has 2 aromatic rings. The molecular formula is C14H22N6. The van der Waals surface area contributed by atoms with Gasteiger partial charge in [-0.15, -0.1) is 0 Å². The Labute approximate surface area is 119 Å². The van der Waals surface area contributed by atoms with Crippen molar-refractivity contribution in [2.75, 3.05) is 17.2 Å². The third kappa shape index (κ3) is 3.46. The molecule has 0 saturated heterocycles. The summed E-state index contributed by atoms with van der Waals surface area (Å²) in [4.78, 5) is 8.70. The first-order valence-electron chi connectivity index (χ1n) is 7.03. The summed E-state index contributed by atoms with van der Waals surface area (Å²) in [6.45, 7) is 5.80. The maximum absolute atomic E-state index is 4.37. The number of hydrogen-bond donors (Lipinski definition) is 2. The van der Waals surface area contributed by atoms with Gasteiger partial charge in [-0.3, -0.25) is 4.68 Å². The van der Waals surface area contributed by atoms with Crippen LogP contribution in [0.3, 0.4) is 0 Å². The largest absolute Gasteiger partial charge is 0.370 e. The summed E-state index contributed by atoms with van der Waals surface area (Å²) < 4.78 is 1.80. The van der Waals surface area contributed by atoms with Crippen LogP contribution >= 0.6 is 0 Å². The normalized spacial score (nSPS) is 10.6. The van der Waals surface area contributed by atoms with Crippen LogP contribution < -0.4 is 10.6 Å². The van der Waals surface area contributed by atoms with Gasteiger partial charge in [-0.1, -0.05) is 13.3 Å². The lowest BCUT2D eigenvalue weighted by Crippen LogP contribution is -2.10. The lowest BCUT2D eigenvalue weighted by atomic mass is 10.1. The molecule has 0 fully saturated rings. The van der Waals surface area contributed by atoms with Crippen LogP contribution in [0.25, 0.3) is 0 Å². The van der Waals surface area contributed by atoms with Gasteiger partial charge in [0, 0.05) is 37.5 Å². The Balaban J connectivity index is 2.14. The van der Waals surface area contributed by atoms with Crippen LogP contribution in [0.2, 0.25) is 0 Å². The number of hydrogen-bond acceptors (Lipinski definition) is 5. The fourth-order valence-electron chi connectivity index (χ4n) is 2.12. The van der Waals surface area contributed by atoms with Crippen LogP contribution in [0.15, 0.2) is 18.7 Å². The van der Waals surface area contributed by atoms with Gasteiger partial charge in [-0.25, -0.2) is 9.97 Å². The van der Waals surface area contributed by atoms with Crippen LogP contribution in [0, 0.1) is 0 Å². The molecule has 0 spiro atoms. The number of nitrogens with zero attached hydrogens (tertiary/aromatic N) is 4. The van der Waals surface area contributed by atoms with E-state index in [1.165, 1.54) is 0 Å². The summed E-state index contributed by atoms with van der Waals surface area (Å²) >= 11 is 0. The van der Waals surface area contributed by atoms with Crippen molar-refractivity contribution in [1.29, 1.82) is 0 Å². The molecule has 0 aromatic carbocycles. The number of rotatable bonds is 7. The lowest BCUT2D eigenvalue weighted by Gasteiger charge is -2.14. The highest BCUT2D eigenvalue weighted by molar-refractivity contribution is 5.57. The Morgan fingerprint density at radius 3 is 2.50 bits per heavy atom. The molecule has 6 nitrogen and oxygen atoms in total. The monoisotopic (exact) mass is 274 g/mol. The van der Waals surface area contributed by atoms with Crippen molar-refractivity contribution >= 4 is 11.6 Å². The third-order valence-corrected chi connectivity index (χ3v) is 3.01. The van der Waals surface area contributed by atoms with Crippen LogP contribution in [0.4, 0.5) is 11.6 Å². The Morgan fingerprint density at radius 1 is 1.15 bits per heavy atom. The molecule has 0 saturated carbocycles. The molecule has 0 radical (unpaired) electrons. The van der Waals surface area contributed by atoms with E-state index in [0.29, 0.717) is 6.54 Å². The Bertz CT molecular complexity index is 548. The summed E-state index contributed by atoms with van der Waals surface area (Å²) in [6.07, 6.45) is 7.48.